The molecule has 0 radical (unpaired) electrons. The highest BCUT2D eigenvalue weighted by atomic mass is 16.6. The van der Waals surface area contributed by atoms with E-state index >= 15 is 0 Å². The summed E-state index contributed by atoms with van der Waals surface area (Å²) in [5.41, 5.74) is 5.85. The van der Waals surface area contributed by atoms with Crippen molar-refractivity contribution in [3.63, 3.8) is 0 Å². The molecule has 0 fully saturated rings. The lowest BCUT2D eigenvalue weighted by atomic mass is 9.98. The van der Waals surface area contributed by atoms with Gasteiger partial charge in [-0.15, -0.1) is 0 Å². The summed E-state index contributed by atoms with van der Waals surface area (Å²) in [6.07, 6.45) is 3.07. The van der Waals surface area contributed by atoms with Crippen LogP contribution in [0.25, 0.3) is 0 Å². The summed E-state index contributed by atoms with van der Waals surface area (Å²) in [4.78, 5) is 53.7. The van der Waals surface area contributed by atoms with Crippen LogP contribution in [0.5, 0.6) is 0 Å². The van der Waals surface area contributed by atoms with Crippen molar-refractivity contribution in [1.29, 1.82) is 0 Å². The number of hydrogen-bond donors (Lipinski definition) is 3. The molecule has 9 nitrogen and oxygen atoms in total. The van der Waals surface area contributed by atoms with Gasteiger partial charge < -0.3 is 26.0 Å². The normalized spacial score (nSPS) is 13.3. The first-order valence-electron chi connectivity index (χ1n) is 13.6. The van der Waals surface area contributed by atoms with Gasteiger partial charge in [-0.1, -0.05) is 57.4 Å². The molecule has 0 aromatic heterocycles. The van der Waals surface area contributed by atoms with E-state index in [2.05, 4.69) is 17.6 Å². The van der Waals surface area contributed by atoms with Crippen LogP contribution < -0.4 is 16.4 Å². The lowest BCUT2D eigenvalue weighted by Gasteiger charge is -2.36. The highest BCUT2D eigenvalue weighted by Crippen LogP contribution is 2.25. The van der Waals surface area contributed by atoms with Gasteiger partial charge in [0, 0.05) is 12.1 Å². The van der Waals surface area contributed by atoms with Gasteiger partial charge in [0.1, 0.15) is 17.7 Å². The van der Waals surface area contributed by atoms with Crippen molar-refractivity contribution in [3.05, 3.63) is 35.4 Å². The molecule has 9 heteroatoms. The van der Waals surface area contributed by atoms with Crippen LogP contribution in [-0.2, 0) is 25.5 Å². The van der Waals surface area contributed by atoms with Crippen LogP contribution in [0.1, 0.15) is 105 Å². The van der Waals surface area contributed by atoms with Crippen LogP contribution in [0.4, 0.5) is 4.79 Å². The van der Waals surface area contributed by atoms with Gasteiger partial charge in [0.25, 0.3) is 0 Å². The number of unbranched alkanes of at least 4 members (excludes halogenated alkanes) is 3. The molecule has 0 heterocycles. The Kier molecular flexibility index (Phi) is 12.8. The topological polar surface area (TPSA) is 131 Å². The summed E-state index contributed by atoms with van der Waals surface area (Å²) in [6, 6.07) is 5.32. The fraction of sp³-hybridized carbons (Fsp3) is 0.655. The number of ether oxygens (including phenoxy) is 1. The van der Waals surface area contributed by atoms with Crippen LogP contribution in [0.3, 0.4) is 0 Å². The number of aryl methyl sites for hydroxylation is 1. The highest BCUT2D eigenvalue weighted by Gasteiger charge is 2.37. The van der Waals surface area contributed by atoms with Crippen LogP contribution in [0.2, 0.25) is 0 Å². The Morgan fingerprint density at radius 1 is 0.947 bits per heavy atom. The predicted octanol–water partition coefficient (Wildman–Crippen LogP) is 4.38. The molecule has 0 bridgehead atoms. The summed E-state index contributed by atoms with van der Waals surface area (Å²) in [5.74, 6) is -1.67. The minimum Gasteiger partial charge on any atom is -0.444 e. The van der Waals surface area contributed by atoms with Crippen LogP contribution in [-0.4, -0.2) is 52.4 Å². The second kappa shape index (κ2) is 14.7. The molecule has 0 aliphatic carbocycles. The van der Waals surface area contributed by atoms with Gasteiger partial charge in [0.05, 0.1) is 6.42 Å². The number of nitrogens with one attached hydrogen (secondary N) is 2. The maximum absolute atomic E-state index is 14.0. The van der Waals surface area contributed by atoms with E-state index in [0.717, 1.165) is 31.2 Å². The monoisotopic (exact) mass is 532 g/mol. The molecule has 1 aromatic rings. The van der Waals surface area contributed by atoms with Crippen LogP contribution in [0.15, 0.2) is 24.3 Å². The van der Waals surface area contributed by atoms with Crippen molar-refractivity contribution in [3.8, 4) is 0 Å². The summed E-state index contributed by atoms with van der Waals surface area (Å²) >= 11 is 0. The largest absolute Gasteiger partial charge is 0.444 e. The standard InChI is InChI=1S/C29H48N4O5/c1-9-11-12-13-18-33(26(36)22(19-23(30)34)31-27(37)38-29(6,7)8)24(25(35)32-28(3,4)5)21-16-14-20(10-2)15-17-21/h14-17,22,24H,9-13,18-19H2,1-8H3,(H2,30,34)(H,31,37)(H,32,35). The third-order valence-corrected chi connectivity index (χ3v) is 5.69. The molecule has 0 spiro atoms. The Hall–Kier alpha value is -3.10. The van der Waals surface area contributed by atoms with Crippen molar-refractivity contribution in [2.75, 3.05) is 6.54 Å². The fourth-order valence-electron chi connectivity index (χ4n) is 3.97. The Balaban J connectivity index is 3.54. The first-order valence-corrected chi connectivity index (χ1v) is 13.6. The zero-order valence-corrected chi connectivity index (χ0v) is 24.5. The first-order chi connectivity index (χ1) is 17.6. The van der Waals surface area contributed by atoms with Crippen molar-refractivity contribution >= 4 is 23.8 Å². The maximum Gasteiger partial charge on any atom is 0.408 e. The molecule has 1 aromatic carbocycles. The Morgan fingerprint density at radius 2 is 1.55 bits per heavy atom. The first kappa shape index (κ1) is 32.9. The van der Waals surface area contributed by atoms with E-state index in [-0.39, 0.29) is 12.5 Å². The van der Waals surface area contributed by atoms with E-state index in [9.17, 15) is 19.2 Å². The third kappa shape index (κ3) is 12.0. The Labute approximate surface area is 228 Å². The SMILES string of the molecule is CCCCCCN(C(=O)C(CC(N)=O)NC(=O)OC(C)(C)C)C(C(=O)NC(C)(C)C)c1ccc(CC)cc1. The second-order valence-electron chi connectivity index (χ2n) is 11.7. The number of carbonyl (C=O) groups is 4. The van der Waals surface area contributed by atoms with E-state index in [1.807, 2.05) is 52.0 Å². The van der Waals surface area contributed by atoms with Crippen LogP contribution in [0, 0.1) is 0 Å². The molecule has 0 saturated heterocycles. The van der Waals surface area contributed by atoms with Gasteiger partial charge in [0.2, 0.25) is 17.7 Å². The van der Waals surface area contributed by atoms with E-state index in [1.165, 1.54) is 4.90 Å². The van der Waals surface area contributed by atoms with Crippen LogP contribution >= 0.6 is 0 Å². The van der Waals surface area contributed by atoms with Crippen molar-refractivity contribution in [2.45, 2.75) is 117 Å². The Bertz CT molecular complexity index is 932. The average Bonchev–Trinajstić information content (AvgIpc) is 2.77. The number of benzene rings is 1. The van der Waals surface area contributed by atoms with Gasteiger partial charge in [-0.2, -0.15) is 0 Å². The maximum atomic E-state index is 14.0. The molecule has 2 atom stereocenters. The van der Waals surface area contributed by atoms with Crippen molar-refractivity contribution < 1.29 is 23.9 Å². The number of nitrogens with two attached hydrogens (primary N) is 1. The van der Waals surface area contributed by atoms with E-state index in [1.54, 1.807) is 20.8 Å². The number of nitrogens with zero attached hydrogens (tertiary/aromatic N) is 1. The number of rotatable bonds is 13. The van der Waals surface area contributed by atoms with Crippen molar-refractivity contribution in [1.82, 2.24) is 15.5 Å². The molecule has 4 N–H and O–H groups in total. The molecule has 38 heavy (non-hydrogen) atoms. The molecule has 0 aliphatic rings. The molecule has 214 valence electrons. The predicted molar refractivity (Wildman–Crippen MR) is 149 cm³/mol. The highest BCUT2D eigenvalue weighted by molar-refractivity contribution is 5.94. The second-order valence-corrected chi connectivity index (χ2v) is 11.7. The molecule has 1 rings (SSSR count). The summed E-state index contributed by atoms with van der Waals surface area (Å²) in [6.45, 7) is 15.1. The van der Waals surface area contributed by atoms with E-state index in [4.69, 9.17) is 10.5 Å². The summed E-state index contributed by atoms with van der Waals surface area (Å²) < 4.78 is 5.32. The van der Waals surface area contributed by atoms with Gasteiger partial charge in [-0.25, -0.2) is 4.79 Å². The number of carbonyl (C=O) groups excluding carboxylic acids is 4. The minimum atomic E-state index is -1.28. The molecule has 4 amide bonds. The number of hydrogen-bond acceptors (Lipinski definition) is 5. The smallest absolute Gasteiger partial charge is 0.408 e. The van der Waals surface area contributed by atoms with Gasteiger partial charge in [0.15, 0.2) is 0 Å². The molecule has 0 aliphatic heterocycles. The zero-order chi connectivity index (χ0) is 29.1. The lowest BCUT2D eigenvalue weighted by molar-refractivity contribution is -0.144. The molecule has 0 saturated carbocycles. The summed E-state index contributed by atoms with van der Waals surface area (Å²) in [5, 5.41) is 5.51. The van der Waals surface area contributed by atoms with Gasteiger partial charge in [-0.3, -0.25) is 14.4 Å². The fourth-order valence-corrected chi connectivity index (χ4v) is 3.97. The average molecular weight is 533 g/mol. The lowest BCUT2D eigenvalue weighted by Crippen LogP contribution is -2.55. The molecular formula is C29H48N4O5. The van der Waals surface area contributed by atoms with E-state index in [0.29, 0.717) is 12.0 Å². The Morgan fingerprint density at radius 3 is 2.03 bits per heavy atom. The molecule has 2 unspecified atom stereocenters. The third-order valence-electron chi connectivity index (χ3n) is 5.69. The molecular weight excluding hydrogens is 484 g/mol. The quantitative estimate of drug-likeness (QED) is 0.325. The number of primary amides is 1. The zero-order valence-electron chi connectivity index (χ0n) is 24.5. The number of alkyl carbamates (subject to hydrolysis) is 1. The minimum absolute atomic E-state index is 0.266. The number of amides is 4. The van der Waals surface area contributed by atoms with Gasteiger partial charge in [-0.05, 0) is 65.5 Å². The van der Waals surface area contributed by atoms with Crippen molar-refractivity contribution in [2.24, 2.45) is 5.73 Å². The van der Waals surface area contributed by atoms with Gasteiger partial charge >= 0.3 is 6.09 Å². The summed E-state index contributed by atoms with van der Waals surface area (Å²) in [7, 11) is 0. The van der Waals surface area contributed by atoms with E-state index < -0.39 is 47.6 Å².